The van der Waals surface area contributed by atoms with Crippen molar-refractivity contribution in [3.05, 3.63) is 64.8 Å². The van der Waals surface area contributed by atoms with Crippen molar-refractivity contribution in [2.75, 3.05) is 7.11 Å². The minimum Gasteiger partial charge on any atom is -0.497 e. The lowest BCUT2D eigenvalue weighted by Crippen LogP contribution is -2.14. The lowest BCUT2D eigenvalue weighted by Gasteiger charge is -2.08. The Hall–Kier alpha value is -2.88. The predicted molar refractivity (Wildman–Crippen MR) is 98.5 cm³/mol. The van der Waals surface area contributed by atoms with E-state index in [-0.39, 0.29) is 11.7 Å². The highest BCUT2D eigenvalue weighted by Gasteiger charge is 2.21. The van der Waals surface area contributed by atoms with E-state index in [0.717, 1.165) is 27.7 Å². The van der Waals surface area contributed by atoms with Gasteiger partial charge in [0, 0.05) is 23.1 Å². The van der Waals surface area contributed by atoms with E-state index in [4.69, 9.17) is 4.74 Å². The molecular weight excluding hydrogens is 314 g/mol. The Morgan fingerprint density at radius 3 is 2.32 bits per heavy atom. The van der Waals surface area contributed by atoms with Gasteiger partial charge in [-0.15, -0.1) is 0 Å². The molecule has 25 heavy (non-hydrogen) atoms. The summed E-state index contributed by atoms with van der Waals surface area (Å²) in [5.74, 6) is 0.674. The molecule has 0 aliphatic heterocycles. The third-order valence-corrected chi connectivity index (χ3v) is 4.47. The first-order chi connectivity index (χ1) is 11.9. The lowest BCUT2D eigenvalue weighted by atomic mass is 10.1. The monoisotopic (exact) mass is 335 g/mol. The van der Waals surface area contributed by atoms with Crippen LogP contribution >= 0.6 is 0 Å². The van der Waals surface area contributed by atoms with Crippen LogP contribution < -0.4 is 4.74 Å². The third-order valence-electron chi connectivity index (χ3n) is 4.47. The topological polar surface area (TPSA) is 48.3 Å². The molecule has 0 unspecified atom stereocenters. The van der Waals surface area contributed by atoms with Crippen LogP contribution in [0.15, 0.2) is 42.5 Å². The molecule has 0 fully saturated rings. The Bertz CT molecular complexity index is 965. The number of fused-ring (bicyclic) bond motifs is 1. The van der Waals surface area contributed by atoms with Gasteiger partial charge >= 0.3 is 0 Å². The number of aromatic nitrogens is 1. The van der Waals surface area contributed by atoms with Gasteiger partial charge in [-0.3, -0.25) is 14.2 Å². The maximum Gasteiger partial charge on any atom is 0.262 e. The van der Waals surface area contributed by atoms with E-state index in [1.54, 1.807) is 18.6 Å². The number of Topliss-reactive ketones (excluding diaryl/α,β-unsaturated/α-hetero) is 1. The molecule has 4 nitrogen and oxygen atoms in total. The van der Waals surface area contributed by atoms with Crippen LogP contribution in [0.25, 0.3) is 10.9 Å². The molecule has 0 aliphatic carbocycles. The fraction of sp³-hybridized carbons (Fsp3) is 0.238. The summed E-state index contributed by atoms with van der Waals surface area (Å²) in [5, 5.41) is 0.882. The van der Waals surface area contributed by atoms with Gasteiger partial charge in [0.1, 0.15) is 11.5 Å². The first-order valence-electron chi connectivity index (χ1n) is 8.21. The van der Waals surface area contributed by atoms with Gasteiger partial charge < -0.3 is 4.74 Å². The highest BCUT2D eigenvalue weighted by atomic mass is 16.5. The Labute approximate surface area is 147 Å². The van der Waals surface area contributed by atoms with Gasteiger partial charge in [-0.2, -0.15) is 0 Å². The van der Waals surface area contributed by atoms with E-state index in [9.17, 15) is 9.59 Å². The van der Waals surface area contributed by atoms with E-state index >= 15 is 0 Å². The standard InChI is InChI=1S/C21H21NO3/c1-13-5-7-16(8-6-13)21(24)22-15(3)18(11-14(2)23)19-12-17(25-4)9-10-20(19)22/h5-10,12H,11H2,1-4H3. The second-order valence-corrected chi connectivity index (χ2v) is 6.33. The highest BCUT2D eigenvalue weighted by molar-refractivity contribution is 6.05. The van der Waals surface area contributed by atoms with Crippen molar-refractivity contribution >= 4 is 22.6 Å². The van der Waals surface area contributed by atoms with E-state index in [1.165, 1.54) is 0 Å². The first kappa shape index (κ1) is 17.0. The smallest absolute Gasteiger partial charge is 0.262 e. The van der Waals surface area contributed by atoms with Crippen molar-refractivity contribution < 1.29 is 14.3 Å². The predicted octanol–water partition coefficient (Wildman–Crippen LogP) is 4.09. The average molecular weight is 335 g/mol. The number of benzene rings is 2. The molecule has 0 saturated carbocycles. The maximum absolute atomic E-state index is 13.1. The van der Waals surface area contributed by atoms with Gasteiger partial charge in [0.25, 0.3) is 5.91 Å². The molecule has 3 rings (SSSR count). The largest absolute Gasteiger partial charge is 0.497 e. The molecule has 0 radical (unpaired) electrons. The average Bonchev–Trinajstić information content (AvgIpc) is 2.86. The molecule has 3 aromatic rings. The van der Waals surface area contributed by atoms with Crippen LogP contribution in [0.5, 0.6) is 5.75 Å². The van der Waals surface area contributed by atoms with Crippen LogP contribution in [0.1, 0.15) is 34.1 Å². The number of hydrogen-bond acceptors (Lipinski definition) is 3. The molecule has 1 aromatic heterocycles. The van der Waals surface area contributed by atoms with E-state index in [0.29, 0.717) is 17.7 Å². The normalized spacial score (nSPS) is 10.9. The summed E-state index contributed by atoms with van der Waals surface area (Å²) < 4.78 is 7.00. The number of hydrogen-bond donors (Lipinski definition) is 0. The maximum atomic E-state index is 13.1. The molecule has 0 saturated heterocycles. The number of rotatable bonds is 4. The SMILES string of the molecule is COc1ccc2c(c1)c(CC(C)=O)c(C)n2C(=O)c1ccc(C)cc1. The number of aryl methyl sites for hydroxylation is 1. The van der Waals surface area contributed by atoms with Crippen LogP contribution in [0.2, 0.25) is 0 Å². The van der Waals surface area contributed by atoms with Gasteiger partial charge in [-0.25, -0.2) is 0 Å². The van der Waals surface area contributed by atoms with Gasteiger partial charge in [-0.05, 0) is 56.7 Å². The second-order valence-electron chi connectivity index (χ2n) is 6.33. The Kier molecular flexibility index (Phi) is 4.45. The molecule has 0 N–H and O–H groups in total. The zero-order chi connectivity index (χ0) is 18.1. The van der Waals surface area contributed by atoms with Gasteiger partial charge in [0.05, 0.1) is 12.6 Å². The third kappa shape index (κ3) is 3.07. The summed E-state index contributed by atoms with van der Waals surface area (Å²) in [7, 11) is 1.60. The van der Waals surface area contributed by atoms with Crippen molar-refractivity contribution in [3.8, 4) is 5.75 Å². The van der Waals surface area contributed by atoms with Crippen LogP contribution in [-0.4, -0.2) is 23.4 Å². The molecule has 128 valence electrons. The molecule has 0 atom stereocenters. The Morgan fingerprint density at radius 2 is 1.72 bits per heavy atom. The van der Waals surface area contributed by atoms with Crippen LogP contribution in [0.4, 0.5) is 0 Å². The number of methoxy groups -OCH3 is 1. The molecule has 0 spiro atoms. The fourth-order valence-corrected chi connectivity index (χ4v) is 3.15. The fourth-order valence-electron chi connectivity index (χ4n) is 3.15. The van der Waals surface area contributed by atoms with Crippen LogP contribution in [-0.2, 0) is 11.2 Å². The molecule has 2 aromatic carbocycles. The zero-order valence-corrected chi connectivity index (χ0v) is 14.9. The van der Waals surface area contributed by atoms with Crippen LogP contribution in [0.3, 0.4) is 0 Å². The summed E-state index contributed by atoms with van der Waals surface area (Å²) >= 11 is 0. The van der Waals surface area contributed by atoms with Gasteiger partial charge in [0.2, 0.25) is 0 Å². The Morgan fingerprint density at radius 1 is 1.04 bits per heavy atom. The zero-order valence-electron chi connectivity index (χ0n) is 14.9. The minimum atomic E-state index is -0.0949. The van der Waals surface area contributed by atoms with Gasteiger partial charge in [0.15, 0.2) is 0 Å². The minimum absolute atomic E-state index is 0.0627. The molecule has 4 heteroatoms. The molecule has 0 amide bonds. The summed E-state index contributed by atoms with van der Waals surface area (Å²) in [6.45, 7) is 5.43. The molecule has 0 bridgehead atoms. The number of nitrogens with zero attached hydrogens (tertiary/aromatic N) is 1. The summed E-state index contributed by atoms with van der Waals surface area (Å²) in [6, 6.07) is 13.1. The molecule has 0 aliphatic rings. The summed E-state index contributed by atoms with van der Waals surface area (Å²) in [6.07, 6.45) is 0.295. The highest BCUT2D eigenvalue weighted by Crippen LogP contribution is 2.30. The van der Waals surface area contributed by atoms with E-state index < -0.39 is 0 Å². The number of carbonyl (C=O) groups is 2. The van der Waals surface area contributed by atoms with Crippen LogP contribution in [0, 0.1) is 13.8 Å². The summed E-state index contributed by atoms with van der Waals surface area (Å²) in [4.78, 5) is 24.8. The second kappa shape index (κ2) is 6.55. The number of ether oxygens (including phenoxy) is 1. The first-order valence-corrected chi connectivity index (χ1v) is 8.21. The van der Waals surface area contributed by atoms with E-state index in [2.05, 4.69) is 0 Å². The Balaban J connectivity index is 2.23. The van der Waals surface area contributed by atoms with Crippen molar-refractivity contribution in [1.82, 2.24) is 4.57 Å². The van der Waals surface area contributed by atoms with Crippen molar-refractivity contribution in [1.29, 1.82) is 0 Å². The van der Waals surface area contributed by atoms with E-state index in [1.807, 2.05) is 56.3 Å². The lowest BCUT2D eigenvalue weighted by molar-refractivity contribution is -0.116. The van der Waals surface area contributed by atoms with Gasteiger partial charge in [-0.1, -0.05) is 17.7 Å². The number of ketones is 1. The quantitative estimate of drug-likeness (QED) is 0.721. The van der Waals surface area contributed by atoms with Crippen molar-refractivity contribution in [3.63, 3.8) is 0 Å². The van der Waals surface area contributed by atoms with Crippen molar-refractivity contribution in [2.45, 2.75) is 27.2 Å². The van der Waals surface area contributed by atoms with Crippen molar-refractivity contribution in [2.24, 2.45) is 0 Å². The number of carbonyl (C=O) groups excluding carboxylic acids is 2. The molecular formula is C21H21NO3. The summed E-state index contributed by atoms with van der Waals surface area (Å²) in [5.41, 5.74) is 4.19. The molecule has 1 heterocycles.